The van der Waals surface area contributed by atoms with Gasteiger partial charge in [-0.3, -0.25) is 15.1 Å². The molecule has 5 rings (SSSR count). The first-order chi connectivity index (χ1) is 18.5. The van der Waals surface area contributed by atoms with Crippen LogP contribution >= 0.6 is 22.9 Å². The van der Waals surface area contributed by atoms with Crippen LogP contribution in [-0.4, -0.2) is 67.9 Å². The van der Waals surface area contributed by atoms with Gasteiger partial charge in [0.25, 0.3) is 5.91 Å². The number of pyridine rings is 2. The van der Waals surface area contributed by atoms with Crippen molar-refractivity contribution in [1.29, 1.82) is 0 Å². The van der Waals surface area contributed by atoms with E-state index >= 15 is 0 Å². The van der Waals surface area contributed by atoms with E-state index in [0.29, 0.717) is 33.2 Å². The number of methoxy groups -OCH3 is 1. The van der Waals surface area contributed by atoms with Gasteiger partial charge in [-0.25, -0.2) is 15.0 Å². The van der Waals surface area contributed by atoms with Gasteiger partial charge in [0.2, 0.25) is 0 Å². The zero-order valence-corrected chi connectivity index (χ0v) is 22.2. The number of fused-ring (bicyclic) bond motifs is 1. The van der Waals surface area contributed by atoms with Crippen LogP contribution in [0.5, 0.6) is 5.75 Å². The fraction of sp³-hybridized carbons (Fsp3) is 0.333. The van der Waals surface area contributed by atoms with Gasteiger partial charge in [0.15, 0.2) is 21.2 Å². The second kappa shape index (κ2) is 10.2. The number of carbonyl (C=O) groups is 1. The molecule has 0 atom stereocenters. The number of aliphatic hydroxyl groups is 1. The first-order valence-corrected chi connectivity index (χ1v) is 12.8. The van der Waals surface area contributed by atoms with E-state index in [1.807, 2.05) is 0 Å². The number of alkyl halides is 3. The van der Waals surface area contributed by atoms with Crippen molar-refractivity contribution in [2.75, 3.05) is 30.4 Å². The molecule has 204 valence electrons. The van der Waals surface area contributed by atoms with Gasteiger partial charge in [0, 0.05) is 48.9 Å². The summed E-state index contributed by atoms with van der Waals surface area (Å²) in [5.74, 6) is 0.292. The Bertz CT molecular complexity index is 1560. The number of carbonyl (C=O) groups excluding carboxylic acids is 1. The minimum Gasteiger partial charge on any atom is -0.494 e. The number of anilines is 2. The van der Waals surface area contributed by atoms with E-state index in [2.05, 4.69) is 30.2 Å². The van der Waals surface area contributed by atoms with Crippen LogP contribution in [0.15, 0.2) is 30.7 Å². The van der Waals surface area contributed by atoms with Crippen LogP contribution in [0.3, 0.4) is 0 Å². The molecule has 0 aliphatic carbocycles. The molecule has 39 heavy (non-hydrogen) atoms. The van der Waals surface area contributed by atoms with Crippen LogP contribution in [-0.2, 0) is 0 Å². The van der Waals surface area contributed by atoms with E-state index in [0.717, 1.165) is 11.3 Å². The van der Waals surface area contributed by atoms with Crippen molar-refractivity contribution in [2.24, 2.45) is 0 Å². The van der Waals surface area contributed by atoms with E-state index in [4.69, 9.17) is 16.3 Å². The number of aryl methyl sites for hydroxylation is 1. The van der Waals surface area contributed by atoms with Crippen LogP contribution in [0.2, 0.25) is 5.15 Å². The van der Waals surface area contributed by atoms with Crippen molar-refractivity contribution in [3.8, 4) is 16.9 Å². The summed E-state index contributed by atoms with van der Waals surface area (Å²) >= 11 is 7.17. The number of amides is 1. The third-order valence-corrected chi connectivity index (χ3v) is 7.46. The maximum absolute atomic E-state index is 13.3. The number of thiazole rings is 1. The summed E-state index contributed by atoms with van der Waals surface area (Å²) in [6, 6.07) is 3.32. The van der Waals surface area contributed by atoms with Crippen LogP contribution in [0.4, 0.5) is 24.1 Å². The highest BCUT2D eigenvalue weighted by atomic mass is 35.5. The second-order valence-corrected chi connectivity index (χ2v) is 10.3. The summed E-state index contributed by atoms with van der Waals surface area (Å²) in [5.41, 5.74) is -0.434. The Kier molecular flexibility index (Phi) is 7.03. The lowest BCUT2D eigenvalue weighted by Crippen LogP contribution is -2.53. The summed E-state index contributed by atoms with van der Waals surface area (Å²) < 4.78 is 44.8. The topological polar surface area (TPSA) is 126 Å². The highest BCUT2D eigenvalue weighted by molar-refractivity contribution is 7.21. The van der Waals surface area contributed by atoms with E-state index < -0.39 is 30.5 Å². The molecule has 0 unspecified atom stereocenters. The number of hydrogen-bond acceptors (Lipinski definition) is 10. The maximum Gasteiger partial charge on any atom is 0.417 e. The highest BCUT2D eigenvalue weighted by Crippen LogP contribution is 2.39. The Balaban J connectivity index is 1.38. The molecule has 0 spiro atoms. The van der Waals surface area contributed by atoms with Gasteiger partial charge >= 0.3 is 6.18 Å². The largest absolute Gasteiger partial charge is 0.494 e. The zero-order valence-electron chi connectivity index (χ0n) is 20.6. The number of halogens is 4. The number of ether oxygens (including phenoxy) is 1. The molecule has 0 bridgehead atoms. The minimum atomic E-state index is -4.69. The number of aromatic nitrogens is 5. The van der Waals surface area contributed by atoms with E-state index in [1.54, 1.807) is 24.0 Å². The van der Waals surface area contributed by atoms with Gasteiger partial charge in [-0.15, -0.1) is 0 Å². The average molecular weight is 580 g/mol. The molecule has 10 nitrogen and oxygen atoms in total. The Morgan fingerprint density at radius 3 is 2.56 bits per heavy atom. The van der Waals surface area contributed by atoms with E-state index in [-0.39, 0.29) is 34.6 Å². The molecule has 1 amide bonds. The van der Waals surface area contributed by atoms with Gasteiger partial charge < -0.3 is 14.7 Å². The quantitative estimate of drug-likeness (QED) is 0.325. The Labute approximate surface area is 228 Å². The van der Waals surface area contributed by atoms with E-state index in [9.17, 15) is 23.1 Å². The molecular weight excluding hydrogens is 559 g/mol. The van der Waals surface area contributed by atoms with Gasteiger partial charge in [-0.05, 0) is 19.1 Å². The molecule has 1 saturated heterocycles. The van der Waals surface area contributed by atoms with Crippen LogP contribution < -0.4 is 15.0 Å². The van der Waals surface area contributed by atoms with Crippen molar-refractivity contribution in [3.63, 3.8) is 0 Å². The fourth-order valence-corrected chi connectivity index (χ4v) is 5.17. The predicted octanol–water partition coefficient (Wildman–Crippen LogP) is 4.66. The van der Waals surface area contributed by atoms with Crippen molar-refractivity contribution in [1.82, 2.24) is 24.9 Å². The summed E-state index contributed by atoms with van der Waals surface area (Å²) in [5, 5.41) is 13.1. The summed E-state index contributed by atoms with van der Waals surface area (Å²) in [6.45, 7) is 1.71. The number of nitrogens with one attached hydrogen (secondary N) is 1. The monoisotopic (exact) mass is 579 g/mol. The number of rotatable bonds is 5. The lowest BCUT2D eigenvalue weighted by Gasteiger charge is -2.39. The smallest absolute Gasteiger partial charge is 0.417 e. The highest BCUT2D eigenvalue weighted by Gasteiger charge is 2.54. The zero-order chi connectivity index (χ0) is 27.9. The lowest BCUT2D eigenvalue weighted by atomic mass is 9.91. The molecular formula is C24H21ClF3N7O3S. The van der Waals surface area contributed by atoms with Gasteiger partial charge in [-0.1, -0.05) is 22.9 Å². The van der Waals surface area contributed by atoms with Crippen molar-refractivity contribution in [3.05, 3.63) is 47.1 Å². The molecule has 1 fully saturated rings. The van der Waals surface area contributed by atoms with Crippen LogP contribution in [0, 0.1) is 6.92 Å². The molecule has 0 radical (unpaired) electrons. The predicted molar refractivity (Wildman–Crippen MR) is 139 cm³/mol. The third-order valence-electron chi connectivity index (χ3n) is 6.40. The van der Waals surface area contributed by atoms with Crippen molar-refractivity contribution >= 4 is 50.3 Å². The summed E-state index contributed by atoms with van der Waals surface area (Å²) in [4.78, 5) is 36.6. The second-order valence-electron chi connectivity index (χ2n) is 8.93. The Morgan fingerprint density at radius 1 is 1.13 bits per heavy atom. The van der Waals surface area contributed by atoms with Gasteiger partial charge in [0.05, 0.1) is 25.1 Å². The third kappa shape index (κ3) is 5.31. The normalized spacial score (nSPS) is 15.4. The molecule has 2 N–H and O–H groups in total. The average Bonchev–Trinajstić information content (AvgIpc) is 3.29. The van der Waals surface area contributed by atoms with Crippen molar-refractivity contribution in [2.45, 2.75) is 31.5 Å². The summed E-state index contributed by atoms with van der Waals surface area (Å²) in [6.07, 6.45) is -1.33. The van der Waals surface area contributed by atoms with Crippen molar-refractivity contribution < 1.29 is 27.8 Å². The molecule has 15 heteroatoms. The Hall–Kier alpha value is -3.62. The first kappa shape index (κ1) is 27.0. The van der Waals surface area contributed by atoms with Gasteiger partial charge in [0.1, 0.15) is 16.7 Å². The molecule has 4 aromatic rings. The number of piperidine rings is 1. The molecule has 1 aliphatic rings. The van der Waals surface area contributed by atoms with E-state index in [1.165, 1.54) is 25.7 Å². The van der Waals surface area contributed by atoms with Gasteiger partial charge in [-0.2, -0.15) is 18.2 Å². The molecule has 4 aromatic heterocycles. The lowest BCUT2D eigenvalue weighted by molar-refractivity contribution is -0.266. The van der Waals surface area contributed by atoms with Crippen LogP contribution in [0.25, 0.3) is 21.6 Å². The molecule has 0 aromatic carbocycles. The fourth-order valence-electron chi connectivity index (χ4n) is 4.23. The SMILES string of the molecule is COc1cnc(Cl)cc1-c1cc(C)ncc1C(=O)Nc1nc2ncc(N3CCC(O)(C(F)(F)F)CC3)nc2s1. The number of hydrogen-bond donors (Lipinski definition) is 2. The summed E-state index contributed by atoms with van der Waals surface area (Å²) in [7, 11) is 1.48. The first-order valence-electron chi connectivity index (χ1n) is 11.6. The molecule has 1 aliphatic heterocycles. The maximum atomic E-state index is 13.3. The number of nitrogens with zero attached hydrogens (tertiary/aromatic N) is 6. The van der Waals surface area contributed by atoms with Crippen LogP contribution in [0.1, 0.15) is 28.9 Å². The molecule has 0 saturated carbocycles. The minimum absolute atomic E-state index is 0.0374. The Morgan fingerprint density at radius 2 is 1.87 bits per heavy atom. The molecule has 5 heterocycles. The standard InChI is InChI=1S/C24H21ClF3N7O3S/c1-12-7-13(14-8-17(25)30-10-16(14)38-2)15(9-29-12)20(36)34-22-33-19-21(39-22)32-18(11-31-19)35-5-3-23(37,4-6-35)24(26,27)28/h7-11,37H,3-6H2,1-2H3,(H,31,33,34,36).